The van der Waals surface area contributed by atoms with E-state index in [0.29, 0.717) is 18.1 Å². The molecule has 0 amide bonds. The van der Waals surface area contributed by atoms with Crippen molar-refractivity contribution in [1.82, 2.24) is 9.88 Å². The van der Waals surface area contributed by atoms with Crippen LogP contribution in [-0.4, -0.2) is 58.9 Å². The maximum absolute atomic E-state index is 10.9. The van der Waals surface area contributed by atoms with E-state index < -0.39 is 12.0 Å². The van der Waals surface area contributed by atoms with Crippen LogP contribution in [-0.2, 0) is 23.7 Å². The summed E-state index contributed by atoms with van der Waals surface area (Å²) >= 11 is 3.09. The van der Waals surface area contributed by atoms with Gasteiger partial charge in [0.15, 0.2) is 0 Å². The molecule has 7 nitrogen and oxygen atoms in total. The Balaban J connectivity index is 0.000000934. The number of fused-ring (bicyclic) bond motifs is 1. The second kappa shape index (κ2) is 21.6. The number of benzene rings is 3. The van der Waals surface area contributed by atoms with Crippen molar-refractivity contribution in [2.75, 3.05) is 36.8 Å². The third-order valence-electron chi connectivity index (χ3n) is 6.54. The number of aromatic nitrogens is 1. The predicted octanol–water partition coefficient (Wildman–Crippen LogP) is 8.31. The zero-order chi connectivity index (χ0) is 33.0. The topological polar surface area (TPSA) is 91.9 Å². The number of hydrogen-bond acceptors (Lipinski definition) is 8. The van der Waals surface area contributed by atoms with Gasteiger partial charge in [-0.1, -0.05) is 90.4 Å². The number of hydrogen-bond donors (Lipinski definition) is 2. The molecule has 5 rings (SSSR count). The van der Waals surface area contributed by atoms with Crippen LogP contribution in [0.3, 0.4) is 0 Å². The van der Waals surface area contributed by atoms with Gasteiger partial charge in [-0.25, -0.2) is 4.98 Å². The van der Waals surface area contributed by atoms with E-state index >= 15 is 0 Å². The van der Waals surface area contributed by atoms with E-state index in [2.05, 4.69) is 83.2 Å². The van der Waals surface area contributed by atoms with E-state index in [1.165, 1.54) is 29.4 Å². The number of piperazine rings is 1. The number of thiazole rings is 1. The molecule has 1 saturated heterocycles. The predicted molar refractivity (Wildman–Crippen MR) is 195 cm³/mol. The van der Waals surface area contributed by atoms with E-state index in [0.717, 1.165) is 59.3 Å². The number of aliphatic carboxylic acids is 1. The molecule has 1 unspecified atom stereocenters. The summed E-state index contributed by atoms with van der Waals surface area (Å²) in [5, 5.41) is 9.88. The molecule has 3 N–H and O–H groups in total. The highest BCUT2D eigenvalue weighted by molar-refractivity contribution is 7.98. The summed E-state index contributed by atoms with van der Waals surface area (Å²) in [5.74, 6) is 0.846. The fraction of sp³-hybridized carbons (Fsp3) is 0.444. The Kier molecular flexibility index (Phi) is 18.3. The number of rotatable bonds is 11. The Morgan fingerprint density at radius 1 is 0.956 bits per heavy atom. The molecule has 1 aliphatic rings. The number of carboxylic acids is 1. The number of anilines is 1. The Bertz CT molecular complexity index is 1380. The van der Waals surface area contributed by atoms with Crippen molar-refractivity contribution in [1.29, 1.82) is 0 Å². The molecule has 1 aliphatic heterocycles. The fourth-order valence-corrected chi connectivity index (χ4v) is 6.52. The molecule has 1 fully saturated rings. The molecular formula is C36H52N4O3S2. The summed E-state index contributed by atoms with van der Waals surface area (Å²) in [6.45, 7) is 17.9. The number of thioether (sulfide) groups is 1. The second-order valence-electron chi connectivity index (χ2n) is 10.1. The van der Waals surface area contributed by atoms with Crippen LogP contribution in [0.2, 0.25) is 0 Å². The van der Waals surface area contributed by atoms with Gasteiger partial charge in [0.25, 0.3) is 0 Å². The number of ether oxygens (including phenoxy) is 1. The van der Waals surface area contributed by atoms with Crippen LogP contribution < -0.4 is 15.4 Å². The standard InChI is InChI=1S/C29H32N4O3S2.C3H8.2C2H6/c30-25(29(34)35)19-37-20-28-31-26-10-9-24(16-27(26)38-28)36-18-22-6-4-5-21(15-22)17-32-11-13-33(14-12-32)23-7-2-1-3-8-23;1-3-2;2*1-2/h1-10,15-16,25H,11-14,17-20,30H2,(H,34,35);3H2,1-2H3;2*1-2H3. The molecule has 2 heterocycles. The van der Waals surface area contributed by atoms with Crippen LogP contribution in [0.5, 0.6) is 5.75 Å². The van der Waals surface area contributed by atoms with Gasteiger partial charge < -0.3 is 20.5 Å². The molecule has 1 atom stereocenters. The number of carbonyl (C=O) groups is 1. The SMILES string of the molecule is CC.CC.CCC.NC(CSCc1nc2ccc(OCc3cccc(CN4CCN(c5ccccc5)CC4)c3)cc2s1)C(=O)O. The Morgan fingerprint density at radius 2 is 1.62 bits per heavy atom. The van der Waals surface area contributed by atoms with Crippen LogP contribution in [0.15, 0.2) is 72.8 Å². The first-order valence-electron chi connectivity index (χ1n) is 16.1. The van der Waals surface area contributed by atoms with E-state index in [4.69, 9.17) is 15.6 Å². The average Bonchev–Trinajstić information content (AvgIpc) is 3.49. The van der Waals surface area contributed by atoms with Crippen molar-refractivity contribution in [2.24, 2.45) is 5.73 Å². The second-order valence-corrected chi connectivity index (χ2v) is 12.3. The number of carboxylic acid groups (broad SMARTS) is 1. The third kappa shape index (κ3) is 13.0. The molecule has 0 spiro atoms. The van der Waals surface area contributed by atoms with Gasteiger partial charge in [-0.2, -0.15) is 11.8 Å². The lowest BCUT2D eigenvalue weighted by Crippen LogP contribution is -2.45. The third-order valence-corrected chi connectivity index (χ3v) is 8.81. The largest absolute Gasteiger partial charge is 0.489 e. The summed E-state index contributed by atoms with van der Waals surface area (Å²) in [6, 6.07) is 24.4. The minimum absolute atomic E-state index is 0.364. The smallest absolute Gasteiger partial charge is 0.321 e. The zero-order valence-electron chi connectivity index (χ0n) is 27.9. The summed E-state index contributed by atoms with van der Waals surface area (Å²) in [6.07, 6.45) is 1.25. The number of nitrogens with two attached hydrogens (primary N) is 1. The molecule has 4 aromatic rings. The monoisotopic (exact) mass is 652 g/mol. The van der Waals surface area contributed by atoms with Crippen LogP contribution in [0.4, 0.5) is 5.69 Å². The van der Waals surface area contributed by atoms with Gasteiger partial charge in [-0.15, -0.1) is 11.3 Å². The van der Waals surface area contributed by atoms with E-state index in [1.54, 1.807) is 11.3 Å². The van der Waals surface area contributed by atoms with Crippen molar-refractivity contribution in [2.45, 2.75) is 72.9 Å². The number of nitrogens with zero attached hydrogens (tertiary/aromatic N) is 3. The van der Waals surface area contributed by atoms with E-state index in [9.17, 15) is 4.79 Å². The van der Waals surface area contributed by atoms with Crippen molar-refractivity contribution in [3.05, 3.63) is 88.9 Å². The maximum Gasteiger partial charge on any atom is 0.321 e. The summed E-state index contributed by atoms with van der Waals surface area (Å²) in [4.78, 5) is 20.5. The Hall–Kier alpha value is -3.11. The van der Waals surface area contributed by atoms with Crippen molar-refractivity contribution < 1.29 is 14.6 Å². The highest BCUT2D eigenvalue weighted by Crippen LogP contribution is 2.29. The highest BCUT2D eigenvalue weighted by Gasteiger charge is 2.17. The first-order valence-corrected chi connectivity index (χ1v) is 18.1. The Labute approximate surface area is 278 Å². The molecule has 246 valence electrons. The molecule has 45 heavy (non-hydrogen) atoms. The molecule has 9 heteroatoms. The minimum Gasteiger partial charge on any atom is -0.489 e. The van der Waals surface area contributed by atoms with Crippen molar-refractivity contribution >= 4 is 45.0 Å². The molecule has 3 aromatic carbocycles. The van der Waals surface area contributed by atoms with Gasteiger partial charge in [0, 0.05) is 49.9 Å². The van der Waals surface area contributed by atoms with Crippen LogP contribution in [0, 0.1) is 0 Å². The molecule has 0 saturated carbocycles. The van der Waals surface area contributed by atoms with Gasteiger partial charge in [-0.05, 0) is 41.5 Å². The summed E-state index contributed by atoms with van der Waals surface area (Å²) in [7, 11) is 0. The fourth-order valence-electron chi connectivity index (χ4n) is 4.49. The van der Waals surface area contributed by atoms with Crippen molar-refractivity contribution in [3.8, 4) is 5.75 Å². The van der Waals surface area contributed by atoms with Gasteiger partial charge in [0.05, 0.1) is 10.2 Å². The van der Waals surface area contributed by atoms with E-state index in [-0.39, 0.29) is 0 Å². The van der Waals surface area contributed by atoms with Gasteiger partial charge in [0.1, 0.15) is 23.4 Å². The van der Waals surface area contributed by atoms with Gasteiger partial charge in [-0.3, -0.25) is 9.69 Å². The normalized spacial score (nSPS) is 13.4. The molecule has 0 bridgehead atoms. The van der Waals surface area contributed by atoms with Crippen LogP contribution in [0.25, 0.3) is 10.2 Å². The first-order chi connectivity index (χ1) is 21.9. The Morgan fingerprint density at radius 3 is 2.29 bits per heavy atom. The lowest BCUT2D eigenvalue weighted by atomic mass is 10.1. The molecule has 0 radical (unpaired) electrons. The van der Waals surface area contributed by atoms with Gasteiger partial charge >= 0.3 is 5.97 Å². The quantitative estimate of drug-likeness (QED) is 0.167. The minimum atomic E-state index is -0.976. The maximum atomic E-state index is 10.9. The average molecular weight is 653 g/mol. The highest BCUT2D eigenvalue weighted by atomic mass is 32.2. The zero-order valence-corrected chi connectivity index (χ0v) is 29.5. The van der Waals surface area contributed by atoms with Crippen LogP contribution >= 0.6 is 23.1 Å². The van der Waals surface area contributed by atoms with E-state index in [1.807, 2.05) is 45.9 Å². The summed E-state index contributed by atoms with van der Waals surface area (Å²) in [5.41, 5.74) is 10.3. The van der Waals surface area contributed by atoms with Crippen molar-refractivity contribution in [3.63, 3.8) is 0 Å². The lowest BCUT2D eigenvalue weighted by Gasteiger charge is -2.36. The first kappa shape index (κ1) is 38.1. The van der Waals surface area contributed by atoms with Crippen LogP contribution in [0.1, 0.15) is 64.1 Å². The number of para-hydroxylation sites is 1. The molecule has 0 aliphatic carbocycles. The lowest BCUT2D eigenvalue weighted by molar-refractivity contribution is -0.137. The molecular weight excluding hydrogens is 601 g/mol. The molecule has 1 aromatic heterocycles. The van der Waals surface area contributed by atoms with Gasteiger partial charge in [0.2, 0.25) is 0 Å². The summed E-state index contributed by atoms with van der Waals surface area (Å²) < 4.78 is 7.19.